The monoisotopic (exact) mass is 401 g/mol. The molecule has 0 amide bonds. The topological polar surface area (TPSA) is 109 Å². The number of guanidine groups is 1. The number of carbonyl (C=O) groups excluding carboxylic acids is 1. The van der Waals surface area contributed by atoms with Crippen molar-refractivity contribution in [2.45, 2.75) is 13.5 Å². The van der Waals surface area contributed by atoms with Crippen molar-refractivity contribution in [2.24, 2.45) is 23.5 Å². The summed E-state index contributed by atoms with van der Waals surface area (Å²) in [6, 6.07) is 16.1. The fraction of sp³-hybridized carbons (Fsp3) is 0.174. The van der Waals surface area contributed by atoms with Gasteiger partial charge >= 0.3 is 5.97 Å². The molecule has 0 saturated heterocycles. The van der Waals surface area contributed by atoms with Gasteiger partial charge in [0.25, 0.3) is 0 Å². The highest BCUT2D eigenvalue weighted by atomic mass is 16.5. The van der Waals surface area contributed by atoms with Crippen LogP contribution in [-0.2, 0) is 18.3 Å². The summed E-state index contributed by atoms with van der Waals surface area (Å²) in [5, 5.41) is 1.87. The maximum Gasteiger partial charge on any atom is 0.340 e. The van der Waals surface area contributed by atoms with Gasteiger partial charge < -0.3 is 20.8 Å². The summed E-state index contributed by atoms with van der Waals surface area (Å²) >= 11 is 0. The summed E-state index contributed by atoms with van der Waals surface area (Å²) < 4.78 is 7.24. The Bertz CT molecular complexity index is 1280. The zero-order valence-corrected chi connectivity index (χ0v) is 16.9. The van der Waals surface area contributed by atoms with E-state index in [1.807, 2.05) is 41.9 Å². The first kappa shape index (κ1) is 19.4. The minimum atomic E-state index is -0.383. The lowest BCUT2D eigenvalue weighted by molar-refractivity contribution is 0.0527. The number of aromatic nitrogens is 2. The average molecular weight is 401 g/mol. The quantitative estimate of drug-likeness (QED) is 0.303. The maximum absolute atomic E-state index is 12.7. The number of fused-ring (bicyclic) bond motifs is 2. The number of esters is 1. The molecule has 0 aliphatic carbocycles. The van der Waals surface area contributed by atoms with Crippen LogP contribution in [0.3, 0.4) is 0 Å². The summed E-state index contributed by atoms with van der Waals surface area (Å²) in [6.45, 7) is 2.26. The molecule has 0 spiro atoms. The molecule has 7 heteroatoms. The van der Waals surface area contributed by atoms with Crippen LogP contribution in [0.1, 0.15) is 23.0 Å². The highest BCUT2D eigenvalue weighted by molar-refractivity contribution is 6.07. The lowest BCUT2D eigenvalue weighted by Gasteiger charge is -2.08. The second-order valence-corrected chi connectivity index (χ2v) is 6.95. The van der Waals surface area contributed by atoms with Gasteiger partial charge in [-0.2, -0.15) is 0 Å². The Kier molecular flexibility index (Phi) is 5.10. The Labute approximate surface area is 174 Å². The van der Waals surface area contributed by atoms with Crippen LogP contribution in [0.25, 0.3) is 32.9 Å². The number of nitrogens with zero attached hydrogens (tertiary/aromatic N) is 3. The van der Waals surface area contributed by atoms with E-state index in [9.17, 15) is 4.79 Å². The number of carbonyl (C=O) groups is 1. The molecule has 4 N–H and O–H groups in total. The largest absolute Gasteiger partial charge is 0.462 e. The summed E-state index contributed by atoms with van der Waals surface area (Å²) in [5.74, 6) is -0.412. The van der Waals surface area contributed by atoms with Crippen LogP contribution in [0.5, 0.6) is 0 Å². The number of aryl methyl sites for hydroxylation is 1. The first-order valence-electron chi connectivity index (χ1n) is 9.69. The third-order valence-electron chi connectivity index (χ3n) is 5.17. The first-order valence-corrected chi connectivity index (χ1v) is 9.69. The number of ether oxygens (including phenoxy) is 1. The molecular formula is C23H23N5O2. The number of benzene rings is 2. The normalized spacial score (nSPS) is 11.0. The molecule has 2 aromatic heterocycles. The number of hydrogen-bond acceptors (Lipinski definition) is 4. The van der Waals surface area contributed by atoms with E-state index in [2.05, 4.69) is 28.2 Å². The Balaban J connectivity index is 1.94. The van der Waals surface area contributed by atoms with E-state index < -0.39 is 0 Å². The Hall–Kier alpha value is -3.87. The third kappa shape index (κ3) is 3.34. The first-order chi connectivity index (χ1) is 14.5. The molecule has 0 aliphatic heterocycles. The highest BCUT2D eigenvalue weighted by Gasteiger charge is 2.22. The standard InChI is InChI=1S/C23H23N5O2/c1-3-30-22(29)21-17-10-9-14(12-19(17)28(2)20(21)13-27-23(24)25)15-6-4-8-18-16(15)7-5-11-26-18/h4-12H,3,13H2,1-2H3,(H4,24,25,27). The van der Waals surface area contributed by atoms with E-state index in [1.165, 1.54) is 0 Å². The van der Waals surface area contributed by atoms with Crippen molar-refractivity contribution in [2.75, 3.05) is 6.61 Å². The lowest BCUT2D eigenvalue weighted by atomic mass is 9.99. The van der Waals surface area contributed by atoms with Crippen LogP contribution < -0.4 is 11.5 Å². The molecule has 0 fully saturated rings. The second-order valence-electron chi connectivity index (χ2n) is 6.95. The molecule has 0 atom stereocenters. The summed E-state index contributed by atoms with van der Waals surface area (Å²) in [7, 11) is 1.90. The van der Waals surface area contributed by atoms with Gasteiger partial charge in [0, 0.05) is 29.5 Å². The number of pyridine rings is 1. The van der Waals surface area contributed by atoms with Crippen LogP contribution in [-0.4, -0.2) is 28.1 Å². The molecule has 4 aromatic rings. The molecule has 2 heterocycles. The van der Waals surface area contributed by atoms with Gasteiger partial charge in [0.05, 0.1) is 29.9 Å². The number of aliphatic imine (C=N–C) groups is 1. The van der Waals surface area contributed by atoms with E-state index in [0.29, 0.717) is 11.3 Å². The van der Waals surface area contributed by atoms with Crippen LogP contribution in [0.4, 0.5) is 0 Å². The van der Waals surface area contributed by atoms with Crippen molar-refractivity contribution in [3.8, 4) is 11.1 Å². The summed E-state index contributed by atoms with van der Waals surface area (Å²) in [6.07, 6.45) is 1.79. The fourth-order valence-corrected chi connectivity index (χ4v) is 3.79. The average Bonchev–Trinajstić information content (AvgIpc) is 3.03. The van der Waals surface area contributed by atoms with Gasteiger partial charge in [0.15, 0.2) is 5.96 Å². The van der Waals surface area contributed by atoms with Gasteiger partial charge in [0.1, 0.15) is 0 Å². The minimum Gasteiger partial charge on any atom is -0.462 e. The van der Waals surface area contributed by atoms with Gasteiger partial charge in [-0.1, -0.05) is 30.3 Å². The Morgan fingerprint density at radius 2 is 1.97 bits per heavy atom. The van der Waals surface area contributed by atoms with Crippen molar-refractivity contribution in [1.82, 2.24) is 9.55 Å². The van der Waals surface area contributed by atoms with E-state index in [1.54, 1.807) is 13.1 Å². The zero-order valence-electron chi connectivity index (χ0n) is 16.9. The van der Waals surface area contributed by atoms with Crippen LogP contribution in [0.2, 0.25) is 0 Å². The predicted molar refractivity (Wildman–Crippen MR) is 119 cm³/mol. The van der Waals surface area contributed by atoms with Crippen molar-refractivity contribution in [1.29, 1.82) is 0 Å². The lowest BCUT2D eigenvalue weighted by Crippen LogP contribution is -2.23. The van der Waals surface area contributed by atoms with E-state index in [-0.39, 0.29) is 25.1 Å². The second kappa shape index (κ2) is 7.87. The number of rotatable bonds is 5. The molecule has 0 bridgehead atoms. The van der Waals surface area contributed by atoms with Gasteiger partial charge in [-0.05, 0) is 36.2 Å². The molecule has 0 aliphatic rings. The van der Waals surface area contributed by atoms with E-state index in [0.717, 1.165) is 32.9 Å². The molecular weight excluding hydrogens is 378 g/mol. The highest BCUT2D eigenvalue weighted by Crippen LogP contribution is 2.33. The zero-order chi connectivity index (χ0) is 21.3. The summed E-state index contributed by atoms with van der Waals surface area (Å²) in [5.41, 5.74) is 16.2. The number of nitrogens with two attached hydrogens (primary N) is 2. The van der Waals surface area contributed by atoms with Crippen LogP contribution in [0, 0.1) is 0 Å². The summed E-state index contributed by atoms with van der Waals surface area (Å²) in [4.78, 5) is 21.3. The molecule has 0 saturated carbocycles. The molecule has 7 nitrogen and oxygen atoms in total. The van der Waals surface area contributed by atoms with Crippen molar-refractivity contribution in [3.05, 3.63) is 66.0 Å². The van der Waals surface area contributed by atoms with E-state index in [4.69, 9.17) is 16.2 Å². The molecule has 2 aromatic carbocycles. The van der Waals surface area contributed by atoms with Gasteiger partial charge in [-0.3, -0.25) is 4.98 Å². The molecule has 30 heavy (non-hydrogen) atoms. The maximum atomic E-state index is 12.7. The predicted octanol–water partition coefficient (Wildman–Crippen LogP) is 3.34. The molecule has 4 rings (SSSR count). The number of hydrogen-bond donors (Lipinski definition) is 2. The molecule has 152 valence electrons. The van der Waals surface area contributed by atoms with Crippen LogP contribution in [0.15, 0.2) is 59.7 Å². The third-order valence-corrected chi connectivity index (χ3v) is 5.17. The van der Waals surface area contributed by atoms with Gasteiger partial charge in [-0.25, -0.2) is 9.79 Å². The van der Waals surface area contributed by atoms with Crippen molar-refractivity contribution in [3.63, 3.8) is 0 Å². The molecule has 0 radical (unpaired) electrons. The SMILES string of the molecule is CCOC(=O)c1c(CN=C(N)N)n(C)c2cc(-c3cccc4ncccc34)ccc12. The van der Waals surface area contributed by atoms with E-state index >= 15 is 0 Å². The fourth-order valence-electron chi connectivity index (χ4n) is 3.79. The smallest absolute Gasteiger partial charge is 0.340 e. The Morgan fingerprint density at radius 1 is 1.13 bits per heavy atom. The van der Waals surface area contributed by atoms with Gasteiger partial charge in [-0.15, -0.1) is 0 Å². The van der Waals surface area contributed by atoms with Crippen molar-refractivity contribution < 1.29 is 9.53 Å². The van der Waals surface area contributed by atoms with Crippen molar-refractivity contribution >= 4 is 33.7 Å². The minimum absolute atomic E-state index is 0.0287. The Morgan fingerprint density at radius 3 is 2.73 bits per heavy atom. The van der Waals surface area contributed by atoms with Gasteiger partial charge in [0.2, 0.25) is 0 Å². The van der Waals surface area contributed by atoms with Crippen LogP contribution >= 0.6 is 0 Å². The molecule has 0 unspecified atom stereocenters.